The molecular weight excluding hydrogens is 362 g/mol. The highest BCUT2D eigenvalue weighted by atomic mass is 16.6. The minimum Gasteiger partial charge on any atom is -0.458 e. The number of nitrogens with one attached hydrogen (secondary N) is 1. The van der Waals surface area contributed by atoms with Crippen molar-refractivity contribution in [2.75, 3.05) is 0 Å². The smallest absolute Gasteiger partial charge is 0.408 e. The molecule has 0 aliphatic rings. The van der Waals surface area contributed by atoms with Crippen LogP contribution in [0, 0.1) is 11.3 Å². The Balaban J connectivity index is 2.24. The Morgan fingerprint density at radius 3 is 2.39 bits per heavy atom. The Hall–Kier alpha value is -3.15. The lowest BCUT2D eigenvalue weighted by atomic mass is 10.1. The van der Waals surface area contributed by atoms with Crippen LogP contribution in [0.4, 0.5) is 4.79 Å². The molecule has 1 N–H and O–H groups in total. The Labute approximate surface area is 163 Å². The third kappa shape index (κ3) is 6.23. The lowest BCUT2D eigenvalue weighted by Crippen LogP contribution is -2.47. The van der Waals surface area contributed by atoms with Gasteiger partial charge in [-0.15, -0.1) is 0 Å². The molecule has 0 spiro atoms. The number of amides is 1. The Morgan fingerprint density at radius 1 is 1.18 bits per heavy atom. The van der Waals surface area contributed by atoms with Gasteiger partial charge in [0.25, 0.3) is 0 Å². The van der Waals surface area contributed by atoms with E-state index in [1.165, 1.54) is 6.20 Å². The van der Waals surface area contributed by atoms with Crippen LogP contribution in [0.15, 0.2) is 18.6 Å². The number of fused-ring (bicyclic) bond motifs is 1. The standard InChI is InChI=1S/C19H25N5O4/c1-18(2,3)27-16(25)14(23-17(26)28-19(4,5)6)7-12-10-24-11-13(8-20)22-15(24)9-21-12/h9-11,14H,7H2,1-6H3,(H,23,26)/t14-/m0/s1. The van der Waals surface area contributed by atoms with E-state index >= 15 is 0 Å². The Kier molecular flexibility index (Phi) is 5.92. The van der Waals surface area contributed by atoms with Crippen molar-refractivity contribution < 1.29 is 19.1 Å². The van der Waals surface area contributed by atoms with E-state index in [1.54, 1.807) is 58.3 Å². The molecule has 2 rings (SSSR count). The molecule has 1 amide bonds. The number of nitriles is 1. The molecule has 2 aromatic rings. The summed E-state index contributed by atoms with van der Waals surface area (Å²) in [6.45, 7) is 10.4. The van der Waals surface area contributed by atoms with Crippen LogP contribution >= 0.6 is 0 Å². The van der Waals surface area contributed by atoms with Gasteiger partial charge in [0.2, 0.25) is 0 Å². The molecule has 0 radical (unpaired) electrons. The van der Waals surface area contributed by atoms with Crippen LogP contribution in [-0.4, -0.2) is 43.7 Å². The highest BCUT2D eigenvalue weighted by molar-refractivity contribution is 5.82. The molecule has 0 fully saturated rings. The van der Waals surface area contributed by atoms with Gasteiger partial charge in [0.05, 0.1) is 11.9 Å². The highest BCUT2D eigenvalue weighted by Crippen LogP contribution is 2.13. The van der Waals surface area contributed by atoms with Crippen LogP contribution in [0.1, 0.15) is 52.9 Å². The predicted octanol–water partition coefficient (Wildman–Crippen LogP) is 2.38. The molecule has 1 atom stereocenters. The van der Waals surface area contributed by atoms with Gasteiger partial charge in [-0.05, 0) is 41.5 Å². The van der Waals surface area contributed by atoms with Gasteiger partial charge >= 0.3 is 12.1 Å². The maximum absolute atomic E-state index is 12.6. The van der Waals surface area contributed by atoms with E-state index in [2.05, 4.69) is 15.3 Å². The fraction of sp³-hybridized carbons (Fsp3) is 0.526. The molecule has 150 valence electrons. The van der Waals surface area contributed by atoms with Gasteiger partial charge in [-0.1, -0.05) is 0 Å². The van der Waals surface area contributed by atoms with Crippen LogP contribution < -0.4 is 5.32 Å². The van der Waals surface area contributed by atoms with Gasteiger partial charge in [0.15, 0.2) is 11.3 Å². The molecule has 0 unspecified atom stereocenters. The summed E-state index contributed by atoms with van der Waals surface area (Å²) in [5, 5.41) is 11.5. The lowest BCUT2D eigenvalue weighted by Gasteiger charge is -2.26. The van der Waals surface area contributed by atoms with Gasteiger partial charge < -0.3 is 19.2 Å². The van der Waals surface area contributed by atoms with Crippen molar-refractivity contribution in [3.63, 3.8) is 0 Å². The number of aromatic nitrogens is 3. The summed E-state index contributed by atoms with van der Waals surface area (Å²) >= 11 is 0. The first-order valence-corrected chi connectivity index (χ1v) is 8.82. The predicted molar refractivity (Wildman–Crippen MR) is 100 cm³/mol. The lowest BCUT2D eigenvalue weighted by molar-refractivity contribution is -0.157. The van der Waals surface area contributed by atoms with Crippen LogP contribution in [0.5, 0.6) is 0 Å². The van der Waals surface area contributed by atoms with Gasteiger partial charge in [-0.3, -0.25) is 4.98 Å². The van der Waals surface area contributed by atoms with Crippen molar-refractivity contribution in [1.82, 2.24) is 19.7 Å². The topological polar surface area (TPSA) is 119 Å². The van der Waals surface area contributed by atoms with E-state index in [0.717, 1.165) is 0 Å². The fourth-order valence-electron chi connectivity index (χ4n) is 2.33. The molecule has 0 saturated carbocycles. The van der Waals surface area contributed by atoms with Crippen molar-refractivity contribution in [3.05, 3.63) is 30.0 Å². The third-order valence-electron chi connectivity index (χ3n) is 3.30. The number of esters is 1. The van der Waals surface area contributed by atoms with Crippen molar-refractivity contribution >= 4 is 17.7 Å². The molecule has 0 aliphatic heterocycles. The van der Waals surface area contributed by atoms with Crippen LogP contribution in [0.2, 0.25) is 0 Å². The summed E-state index contributed by atoms with van der Waals surface area (Å²) in [6.07, 6.45) is 4.07. The average molecular weight is 387 g/mol. The number of ether oxygens (including phenoxy) is 2. The molecule has 0 bridgehead atoms. The van der Waals surface area contributed by atoms with Gasteiger partial charge in [-0.2, -0.15) is 5.26 Å². The van der Waals surface area contributed by atoms with E-state index in [9.17, 15) is 9.59 Å². The Morgan fingerprint density at radius 2 is 1.82 bits per heavy atom. The second-order valence-corrected chi connectivity index (χ2v) is 8.32. The van der Waals surface area contributed by atoms with Gasteiger partial charge in [0, 0.05) is 18.8 Å². The van der Waals surface area contributed by atoms with E-state index in [-0.39, 0.29) is 12.1 Å². The SMILES string of the molecule is CC(C)(C)OC(=O)N[C@@H](Cc1cn2cc(C#N)nc2cn1)C(=O)OC(C)(C)C. The van der Waals surface area contributed by atoms with Crippen LogP contribution in [-0.2, 0) is 20.7 Å². The molecule has 0 saturated heterocycles. The van der Waals surface area contributed by atoms with E-state index < -0.39 is 29.3 Å². The quantitative estimate of drug-likeness (QED) is 0.800. The number of carbonyl (C=O) groups excluding carboxylic acids is 2. The van der Waals surface area contributed by atoms with E-state index in [4.69, 9.17) is 14.7 Å². The average Bonchev–Trinajstić information content (AvgIpc) is 2.93. The molecule has 9 nitrogen and oxygen atoms in total. The summed E-state index contributed by atoms with van der Waals surface area (Å²) in [7, 11) is 0. The fourth-order valence-corrected chi connectivity index (χ4v) is 2.33. The number of hydrogen-bond donors (Lipinski definition) is 1. The number of alkyl carbamates (subject to hydrolysis) is 1. The van der Waals surface area contributed by atoms with Gasteiger partial charge in [0.1, 0.15) is 23.3 Å². The largest absolute Gasteiger partial charge is 0.458 e. The monoisotopic (exact) mass is 387 g/mol. The van der Waals surface area contributed by atoms with Crippen LogP contribution in [0.25, 0.3) is 5.65 Å². The van der Waals surface area contributed by atoms with Crippen molar-refractivity contribution in [2.45, 2.75) is 65.2 Å². The minimum absolute atomic E-state index is 0.0875. The summed E-state index contributed by atoms with van der Waals surface area (Å²) in [4.78, 5) is 33.1. The first-order valence-electron chi connectivity index (χ1n) is 8.82. The molecule has 2 heterocycles. The number of imidazole rings is 1. The van der Waals surface area contributed by atoms with Crippen molar-refractivity contribution in [2.24, 2.45) is 0 Å². The first kappa shape index (κ1) is 21.2. The number of nitrogens with zero attached hydrogens (tertiary/aromatic N) is 4. The molecular formula is C19H25N5O4. The molecule has 28 heavy (non-hydrogen) atoms. The van der Waals surface area contributed by atoms with E-state index in [0.29, 0.717) is 11.3 Å². The summed E-state index contributed by atoms with van der Waals surface area (Å²) in [5.41, 5.74) is -0.136. The number of rotatable bonds is 4. The number of hydrogen-bond acceptors (Lipinski definition) is 7. The third-order valence-corrected chi connectivity index (χ3v) is 3.30. The van der Waals surface area contributed by atoms with E-state index in [1.807, 2.05) is 6.07 Å². The normalized spacial score (nSPS) is 12.9. The Bertz CT molecular complexity index is 915. The maximum Gasteiger partial charge on any atom is 0.408 e. The highest BCUT2D eigenvalue weighted by Gasteiger charge is 2.29. The first-order chi connectivity index (χ1) is 12.9. The molecule has 0 aliphatic carbocycles. The minimum atomic E-state index is -0.988. The zero-order valence-corrected chi connectivity index (χ0v) is 16.9. The van der Waals surface area contributed by atoms with Crippen molar-refractivity contribution in [1.29, 1.82) is 5.26 Å². The molecule has 0 aromatic carbocycles. The summed E-state index contributed by atoms with van der Waals surface area (Å²) in [6, 6.07) is 0.973. The number of carbonyl (C=O) groups is 2. The second kappa shape index (κ2) is 7.84. The van der Waals surface area contributed by atoms with Crippen LogP contribution in [0.3, 0.4) is 0 Å². The zero-order valence-electron chi connectivity index (χ0n) is 16.9. The molecule has 2 aromatic heterocycles. The summed E-state index contributed by atoms with van der Waals surface area (Å²) < 4.78 is 12.3. The maximum atomic E-state index is 12.6. The van der Waals surface area contributed by atoms with Gasteiger partial charge in [-0.25, -0.2) is 14.6 Å². The second-order valence-electron chi connectivity index (χ2n) is 8.32. The molecule has 9 heteroatoms. The van der Waals surface area contributed by atoms with Crippen molar-refractivity contribution in [3.8, 4) is 6.07 Å². The zero-order chi connectivity index (χ0) is 21.1. The summed E-state index contributed by atoms with van der Waals surface area (Å²) in [5.74, 6) is -0.594.